The lowest BCUT2D eigenvalue weighted by Gasteiger charge is -2.24. The predicted molar refractivity (Wildman–Crippen MR) is 50.6 cm³/mol. The van der Waals surface area contributed by atoms with Crippen LogP contribution < -0.4 is 11.1 Å². The van der Waals surface area contributed by atoms with Crippen molar-refractivity contribution in [3.63, 3.8) is 0 Å². The van der Waals surface area contributed by atoms with Gasteiger partial charge in [0, 0.05) is 18.1 Å². The van der Waals surface area contributed by atoms with Crippen LogP contribution in [0.15, 0.2) is 0 Å². The van der Waals surface area contributed by atoms with E-state index in [1.807, 2.05) is 0 Å². The van der Waals surface area contributed by atoms with Gasteiger partial charge in [-0.3, -0.25) is 0 Å². The molecule has 68 valence electrons. The van der Waals surface area contributed by atoms with E-state index in [2.05, 4.69) is 39.9 Å². The van der Waals surface area contributed by atoms with Crippen LogP contribution in [-0.2, 0) is 0 Å². The van der Waals surface area contributed by atoms with Gasteiger partial charge in [-0.05, 0) is 26.7 Å². The minimum absolute atomic E-state index is 0.187. The molecule has 0 aliphatic heterocycles. The molecule has 0 aliphatic rings. The maximum absolute atomic E-state index is 5.86. The van der Waals surface area contributed by atoms with Crippen molar-refractivity contribution in [2.75, 3.05) is 6.54 Å². The smallest absolute Gasteiger partial charge is 0.0188 e. The van der Waals surface area contributed by atoms with Gasteiger partial charge in [-0.25, -0.2) is 0 Å². The first-order valence-electron chi connectivity index (χ1n) is 4.33. The topological polar surface area (TPSA) is 38.0 Å². The first kappa shape index (κ1) is 10.9. The van der Waals surface area contributed by atoms with Crippen LogP contribution in [0.2, 0.25) is 0 Å². The van der Waals surface area contributed by atoms with Crippen molar-refractivity contribution in [3.8, 4) is 0 Å². The van der Waals surface area contributed by atoms with Crippen LogP contribution in [0.3, 0.4) is 0 Å². The first-order chi connectivity index (χ1) is 4.83. The summed E-state index contributed by atoms with van der Waals surface area (Å²) in [6.07, 6.45) is 0. The Kier molecular flexibility index (Phi) is 4.04. The fourth-order valence-corrected chi connectivity index (χ4v) is 0.660. The van der Waals surface area contributed by atoms with Gasteiger partial charge in [-0.2, -0.15) is 0 Å². The van der Waals surface area contributed by atoms with Crippen LogP contribution >= 0.6 is 0 Å². The van der Waals surface area contributed by atoms with Crippen LogP contribution in [0, 0.1) is 5.92 Å². The molecule has 0 aliphatic carbocycles. The number of nitrogens with two attached hydrogens (primary N) is 1. The second kappa shape index (κ2) is 4.07. The molecule has 2 nitrogen and oxygen atoms in total. The quantitative estimate of drug-likeness (QED) is 0.651. The second-order valence-corrected chi connectivity index (χ2v) is 4.54. The van der Waals surface area contributed by atoms with Gasteiger partial charge in [-0.15, -0.1) is 0 Å². The molecular weight excluding hydrogens is 136 g/mol. The molecule has 0 heterocycles. The van der Waals surface area contributed by atoms with E-state index in [0.29, 0.717) is 5.92 Å². The Hall–Kier alpha value is -0.0800. The Morgan fingerprint density at radius 1 is 1.27 bits per heavy atom. The normalized spacial score (nSPS) is 15.5. The van der Waals surface area contributed by atoms with Crippen molar-refractivity contribution in [2.45, 2.75) is 46.2 Å². The molecule has 1 unspecified atom stereocenters. The Bertz CT molecular complexity index is 103. The minimum Gasteiger partial charge on any atom is -0.326 e. The summed E-state index contributed by atoms with van der Waals surface area (Å²) in [6.45, 7) is 11.7. The van der Waals surface area contributed by atoms with Crippen molar-refractivity contribution in [1.82, 2.24) is 5.32 Å². The summed E-state index contributed by atoms with van der Waals surface area (Å²) >= 11 is 0. The average molecular weight is 158 g/mol. The van der Waals surface area contributed by atoms with E-state index in [1.165, 1.54) is 0 Å². The Morgan fingerprint density at radius 3 is 2.00 bits per heavy atom. The molecule has 0 spiro atoms. The highest BCUT2D eigenvalue weighted by Gasteiger charge is 2.12. The number of nitrogens with one attached hydrogen (secondary N) is 1. The monoisotopic (exact) mass is 158 g/mol. The summed E-state index contributed by atoms with van der Waals surface area (Å²) in [5.74, 6) is 0.560. The molecule has 0 aromatic heterocycles. The van der Waals surface area contributed by atoms with E-state index in [-0.39, 0.29) is 11.6 Å². The van der Waals surface area contributed by atoms with E-state index in [4.69, 9.17) is 5.73 Å². The molecule has 0 rings (SSSR count). The standard InChI is InChI=1S/C9H22N2/c1-7(2)8(10)6-11-9(3,4)5/h7-8,11H,6,10H2,1-5H3. The summed E-state index contributed by atoms with van der Waals surface area (Å²) in [4.78, 5) is 0. The Labute approximate surface area is 70.5 Å². The lowest BCUT2D eigenvalue weighted by molar-refractivity contribution is 0.371. The van der Waals surface area contributed by atoms with Gasteiger partial charge in [0.05, 0.1) is 0 Å². The molecule has 1 atom stereocenters. The molecule has 0 aromatic carbocycles. The van der Waals surface area contributed by atoms with E-state index in [9.17, 15) is 0 Å². The average Bonchev–Trinajstić information content (AvgIpc) is 1.80. The molecule has 2 heteroatoms. The highest BCUT2D eigenvalue weighted by molar-refractivity contribution is 4.75. The molecule has 3 N–H and O–H groups in total. The van der Waals surface area contributed by atoms with E-state index in [0.717, 1.165) is 6.54 Å². The summed E-state index contributed by atoms with van der Waals surface area (Å²) in [5.41, 5.74) is 6.05. The first-order valence-corrected chi connectivity index (χ1v) is 4.33. The fraction of sp³-hybridized carbons (Fsp3) is 1.00. The van der Waals surface area contributed by atoms with Crippen molar-refractivity contribution in [2.24, 2.45) is 11.7 Å². The van der Waals surface area contributed by atoms with Crippen LogP contribution in [0.5, 0.6) is 0 Å². The van der Waals surface area contributed by atoms with Gasteiger partial charge in [0.15, 0.2) is 0 Å². The van der Waals surface area contributed by atoms with Crippen molar-refractivity contribution in [3.05, 3.63) is 0 Å². The van der Waals surface area contributed by atoms with Gasteiger partial charge in [0.1, 0.15) is 0 Å². The molecule has 0 saturated carbocycles. The van der Waals surface area contributed by atoms with Crippen molar-refractivity contribution >= 4 is 0 Å². The molecule has 0 bridgehead atoms. The minimum atomic E-state index is 0.187. The third-order valence-corrected chi connectivity index (χ3v) is 1.72. The molecule has 0 amide bonds. The summed E-state index contributed by atoms with van der Waals surface area (Å²) in [5, 5.41) is 3.38. The molecule has 0 saturated heterocycles. The van der Waals surface area contributed by atoms with E-state index < -0.39 is 0 Å². The summed E-state index contributed by atoms with van der Waals surface area (Å²) < 4.78 is 0. The molecule has 11 heavy (non-hydrogen) atoms. The van der Waals surface area contributed by atoms with Crippen LogP contribution in [0.1, 0.15) is 34.6 Å². The van der Waals surface area contributed by atoms with Gasteiger partial charge in [0.2, 0.25) is 0 Å². The van der Waals surface area contributed by atoms with Crippen LogP contribution in [0.25, 0.3) is 0 Å². The SMILES string of the molecule is CC(C)C(N)CNC(C)(C)C. The molecule has 0 fully saturated rings. The second-order valence-electron chi connectivity index (χ2n) is 4.54. The van der Waals surface area contributed by atoms with Crippen LogP contribution in [0.4, 0.5) is 0 Å². The Balaban J connectivity index is 3.54. The maximum Gasteiger partial charge on any atom is 0.0188 e. The van der Waals surface area contributed by atoms with Crippen LogP contribution in [-0.4, -0.2) is 18.1 Å². The van der Waals surface area contributed by atoms with E-state index >= 15 is 0 Å². The third kappa shape index (κ3) is 6.32. The summed E-state index contributed by atoms with van der Waals surface area (Å²) in [7, 11) is 0. The van der Waals surface area contributed by atoms with Gasteiger partial charge >= 0.3 is 0 Å². The number of hydrogen-bond acceptors (Lipinski definition) is 2. The Morgan fingerprint density at radius 2 is 1.73 bits per heavy atom. The zero-order chi connectivity index (χ0) is 9.07. The third-order valence-electron chi connectivity index (χ3n) is 1.72. The lowest BCUT2D eigenvalue weighted by Crippen LogP contribution is -2.45. The lowest BCUT2D eigenvalue weighted by atomic mass is 10.0. The number of rotatable bonds is 3. The van der Waals surface area contributed by atoms with Gasteiger partial charge in [-0.1, -0.05) is 13.8 Å². The van der Waals surface area contributed by atoms with Gasteiger partial charge < -0.3 is 11.1 Å². The zero-order valence-corrected chi connectivity index (χ0v) is 8.44. The predicted octanol–water partition coefficient (Wildman–Crippen LogP) is 1.36. The number of hydrogen-bond donors (Lipinski definition) is 2. The van der Waals surface area contributed by atoms with Gasteiger partial charge in [0.25, 0.3) is 0 Å². The molecule has 0 aromatic rings. The highest BCUT2D eigenvalue weighted by Crippen LogP contribution is 2.01. The zero-order valence-electron chi connectivity index (χ0n) is 8.44. The van der Waals surface area contributed by atoms with Crippen molar-refractivity contribution < 1.29 is 0 Å². The maximum atomic E-state index is 5.86. The molecule has 0 radical (unpaired) electrons. The highest BCUT2D eigenvalue weighted by atomic mass is 15.0. The van der Waals surface area contributed by atoms with Crippen molar-refractivity contribution in [1.29, 1.82) is 0 Å². The largest absolute Gasteiger partial charge is 0.326 e. The fourth-order valence-electron chi connectivity index (χ4n) is 0.660. The molecular formula is C9H22N2. The summed E-state index contributed by atoms with van der Waals surface area (Å²) in [6, 6.07) is 0.272. The van der Waals surface area contributed by atoms with E-state index in [1.54, 1.807) is 0 Å².